The van der Waals surface area contributed by atoms with Crippen molar-refractivity contribution in [2.24, 2.45) is 0 Å². The maximum absolute atomic E-state index is 11.9. The number of hydrogen-bond donors (Lipinski definition) is 0. The van der Waals surface area contributed by atoms with Gasteiger partial charge in [-0.3, -0.25) is 4.79 Å². The van der Waals surface area contributed by atoms with E-state index in [1.165, 1.54) is 11.1 Å². The van der Waals surface area contributed by atoms with Crippen molar-refractivity contribution < 1.29 is 4.79 Å². The minimum atomic E-state index is -0.216. The Bertz CT molecular complexity index is 508. The number of halogens is 1. The highest BCUT2D eigenvalue weighted by Gasteiger charge is 2.46. The monoisotopic (exact) mass is 325 g/mol. The van der Waals surface area contributed by atoms with E-state index in [1.54, 1.807) is 6.08 Å². The Hall–Kier alpha value is -0.840. The summed E-state index contributed by atoms with van der Waals surface area (Å²) in [6.07, 6.45) is 2.73. The Labute approximate surface area is 108 Å². The third kappa shape index (κ3) is 1.15. The average molecular weight is 325 g/mol. The summed E-state index contributed by atoms with van der Waals surface area (Å²) < 4.78 is 1.13. The van der Waals surface area contributed by atoms with Crippen LogP contribution in [-0.4, -0.2) is 17.4 Å². The van der Waals surface area contributed by atoms with E-state index in [9.17, 15) is 4.79 Å². The highest BCUT2D eigenvalue weighted by Crippen LogP contribution is 2.47. The van der Waals surface area contributed by atoms with Crippen LogP contribution in [0.25, 0.3) is 0 Å². The molecule has 0 bridgehead atoms. The molecule has 0 saturated heterocycles. The Morgan fingerprint density at radius 3 is 2.94 bits per heavy atom. The second kappa shape index (κ2) is 3.32. The quantitative estimate of drug-likeness (QED) is 0.672. The third-order valence-corrected chi connectivity index (χ3v) is 5.03. The van der Waals surface area contributed by atoms with Gasteiger partial charge in [0.25, 0.3) is 0 Å². The molecule has 0 aromatic heterocycles. The first-order valence-corrected chi connectivity index (χ1v) is 6.49. The summed E-state index contributed by atoms with van der Waals surface area (Å²) >= 11 is 2.29. The molecule has 1 amide bonds. The molecule has 0 aliphatic carbocycles. The highest BCUT2D eigenvalue weighted by atomic mass is 127. The van der Waals surface area contributed by atoms with Gasteiger partial charge in [-0.2, -0.15) is 0 Å². The highest BCUT2D eigenvalue weighted by molar-refractivity contribution is 14.1. The number of fused-ring (bicyclic) bond motifs is 3. The molecule has 2 nitrogen and oxygen atoms in total. The number of nitrogens with zero attached hydrogens (tertiary/aromatic N) is 1. The standard InChI is InChI=1S/C13H12INO/c1-13-10-5-3-2-4-9(10)6-7-15(13)12(16)8-11(13)14/h2-5,8H,6-7H2,1H3. The number of hydrogen-bond acceptors (Lipinski definition) is 1. The predicted octanol–water partition coefficient (Wildman–Crippen LogP) is 2.62. The first-order chi connectivity index (χ1) is 7.64. The van der Waals surface area contributed by atoms with E-state index < -0.39 is 0 Å². The number of rotatable bonds is 0. The Morgan fingerprint density at radius 1 is 1.38 bits per heavy atom. The maximum atomic E-state index is 11.9. The molecule has 1 aromatic rings. The Morgan fingerprint density at radius 2 is 2.12 bits per heavy atom. The van der Waals surface area contributed by atoms with Crippen molar-refractivity contribution in [3.05, 3.63) is 45.0 Å². The first kappa shape index (κ1) is 10.3. The van der Waals surface area contributed by atoms with Gasteiger partial charge in [-0.25, -0.2) is 0 Å². The van der Waals surface area contributed by atoms with Crippen LogP contribution in [0.4, 0.5) is 0 Å². The van der Waals surface area contributed by atoms with Crippen LogP contribution in [0, 0.1) is 0 Å². The largest absolute Gasteiger partial charge is 0.325 e. The minimum Gasteiger partial charge on any atom is -0.325 e. The number of carbonyl (C=O) groups excluding carboxylic acids is 1. The van der Waals surface area contributed by atoms with E-state index >= 15 is 0 Å². The fraction of sp³-hybridized carbons (Fsp3) is 0.308. The van der Waals surface area contributed by atoms with E-state index in [4.69, 9.17) is 0 Å². The van der Waals surface area contributed by atoms with Crippen LogP contribution >= 0.6 is 22.6 Å². The van der Waals surface area contributed by atoms with Crippen molar-refractivity contribution in [2.75, 3.05) is 6.54 Å². The topological polar surface area (TPSA) is 20.3 Å². The summed E-state index contributed by atoms with van der Waals surface area (Å²) in [6.45, 7) is 2.98. The zero-order valence-corrected chi connectivity index (χ0v) is 11.2. The summed E-state index contributed by atoms with van der Waals surface area (Å²) in [4.78, 5) is 13.9. The van der Waals surface area contributed by atoms with Crippen LogP contribution in [0.3, 0.4) is 0 Å². The number of benzene rings is 1. The molecular weight excluding hydrogens is 313 g/mol. The molecule has 1 unspecified atom stereocenters. The molecule has 3 heteroatoms. The van der Waals surface area contributed by atoms with Gasteiger partial charge in [0.2, 0.25) is 5.91 Å². The van der Waals surface area contributed by atoms with Gasteiger partial charge >= 0.3 is 0 Å². The van der Waals surface area contributed by atoms with Gasteiger partial charge in [0.1, 0.15) is 0 Å². The van der Waals surface area contributed by atoms with E-state index in [0.717, 1.165) is 16.5 Å². The molecule has 0 N–H and O–H groups in total. The van der Waals surface area contributed by atoms with Crippen LogP contribution in [0.1, 0.15) is 18.1 Å². The lowest BCUT2D eigenvalue weighted by molar-refractivity contribution is -0.129. The maximum Gasteiger partial charge on any atom is 0.248 e. The molecule has 2 aliphatic heterocycles. The lowest BCUT2D eigenvalue weighted by Crippen LogP contribution is -2.47. The van der Waals surface area contributed by atoms with E-state index in [-0.39, 0.29) is 11.4 Å². The lowest BCUT2D eigenvalue weighted by Gasteiger charge is -2.42. The Kier molecular flexibility index (Phi) is 2.14. The summed E-state index contributed by atoms with van der Waals surface area (Å²) in [5.41, 5.74) is 2.44. The predicted molar refractivity (Wildman–Crippen MR) is 71.3 cm³/mol. The minimum absolute atomic E-state index is 0.154. The molecule has 2 aliphatic rings. The summed E-state index contributed by atoms with van der Waals surface area (Å²) in [7, 11) is 0. The van der Waals surface area contributed by atoms with Crippen LogP contribution < -0.4 is 0 Å². The van der Waals surface area contributed by atoms with E-state index in [2.05, 4.69) is 53.8 Å². The molecule has 3 rings (SSSR count). The van der Waals surface area contributed by atoms with Gasteiger partial charge in [0.15, 0.2) is 0 Å². The molecule has 0 radical (unpaired) electrons. The number of amides is 1. The SMILES string of the molecule is CC12C(I)=CC(=O)N1CCc1ccccc12. The van der Waals surface area contributed by atoms with Crippen molar-refractivity contribution in [1.82, 2.24) is 4.90 Å². The first-order valence-electron chi connectivity index (χ1n) is 5.41. The summed E-state index contributed by atoms with van der Waals surface area (Å²) in [5.74, 6) is 0.154. The van der Waals surface area contributed by atoms with E-state index in [0.29, 0.717) is 0 Å². The van der Waals surface area contributed by atoms with Gasteiger partial charge in [0, 0.05) is 16.2 Å². The van der Waals surface area contributed by atoms with Gasteiger partial charge in [0.05, 0.1) is 5.54 Å². The molecule has 0 spiro atoms. The van der Waals surface area contributed by atoms with E-state index in [1.807, 2.05) is 4.90 Å². The second-order valence-corrected chi connectivity index (χ2v) is 5.62. The van der Waals surface area contributed by atoms with Crippen molar-refractivity contribution in [3.8, 4) is 0 Å². The molecule has 2 heterocycles. The third-order valence-electron chi connectivity index (χ3n) is 3.67. The van der Waals surface area contributed by atoms with Gasteiger partial charge in [-0.15, -0.1) is 0 Å². The lowest BCUT2D eigenvalue weighted by atomic mass is 9.83. The summed E-state index contributed by atoms with van der Waals surface area (Å²) in [5, 5.41) is 0. The van der Waals surface area contributed by atoms with Crippen LogP contribution in [0.5, 0.6) is 0 Å². The van der Waals surface area contributed by atoms with Crippen molar-refractivity contribution in [3.63, 3.8) is 0 Å². The van der Waals surface area contributed by atoms with Crippen molar-refractivity contribution in [2.45, 2.75) is 18.9 Å². The van der Waals surface area contributed by atoms with Crippen LogP contribution in [0.15, 0.2) is 33.9 Å². The van der Waals surface area contributed by atoms with Gasteiger partial charge < -0.3 is 4.90 Å². The molecule has 1 atom stereocenters. The normalized spacial score (nSPS) is 27.5. The Balaban J connectivity index is 2.24. The average Bonchev–Trinajstić information content (AvgIpc) is 2.51. The molecule has 16 heavy (non-hydrogen) atoms. The van der Waals surface area contributed by atoms with Crippen LogP contribution in [0.2, 0.25) is 0 Å². The van der Waals surface area contributed by atoms with Crippen molar-refractivity contribution >= 4 is 28.5 Å². The smallest absolute Gasteiger partial charge is 0.248 e. The summed E-state index contributed by atoms with van der Waals surface area (Å²) in [6, 6.07) is 8.45. The number of carbonyl (C=O) groups is 1. The zero-order chi connectivity index (χ0) is 11.3. The van der Waals surface area contributed by atoms with Crippen molar-refractivity contribution in [1.29, 1.82) is 0 Å². The second-order valence-electron chi connectivity index (χ2n) is 4.46. The molecule has 0 fully saturated rings. The molecular formula is C13H12INO. The molecule has 0 saturated carbocycles. The van der Waals surface area contributed by atoms with Gasteiger partial charge in [-0.1, -0.05) is 24.3 Å². The fourth-order valence-electron chi connectivity index (χ4n) is 2.73. The fourth-order valence-corrected chi connectivity index (χ4v) is 3.58. The molecule has 82 valence electrons. The van der Waals surface area contributed by atoms with Crippen LogP contribution in [-0.2, 0) is 16.8 Å². The molecule has 1 aromatic carbocycles. The zero-order valence-electron chi connectivity index (χ0n) is 9.03. The van der Waals surface area contributed by atoms with Gasteiger partial charge in [-0.05, 0) is 47.1 Å².